The lowest BCUT2D eigenvalue weighted by molar-refractivity contribution is 0.566. The van der Waals surface area contributed by atoms with Crippen molar-refractivity contribution in [2.24, 2.45) is 0 Å². The molecule has 20 heavy (non-hydrogen) atoms. The molecular weight excluding hydrogens is 244 g/mol. The van der Waals surface area contributed by atoms with Crippen LogP contribution >= 0.6 is 0 Å². The molecule has 0 bridgehead atoms. The number of likely N-dealkylation sites (N-methyl/N-ethyl adjacent to an activating group) is 1. The third-order valence-corrected chi connectivity index (χ3v) is 4.32. The third-order valence-electron chi connectivity index (χ3n) is 4.32. The van der Waals surface area contributed by atoms with Crippen molar-refractivity contribution >= 4 is 11.3 Å². The average molecular weight is 272 g/mol. The van der Waals surface area contributed by atoms with E-state index in [2.05, 4.69) is 70.0 Å². The van der Waals surface area contributed by atoms with Crippen LogP contribution in [0.4, 0.5) is 5.69 Å². The van der Waals surface area contributed by atoms with Crippen LogP contribution in [0.15, 0.2) is 18.2 Å². The van der Waals surface area contributed by atoms with Crippen LogP contribution < -0.4 is 10.2 Å². The lowest BCUT2D eigenvalue weighted by atomic mass is 9.87. The van der Waals surface area contributed by atoms with Gasteiger partial charge in [-0.3, -0.25) is 0 Å². The van der Waals surface area contributed by atoms with E-state index in [1.54, 1.807) is 0 Å². The first kappa shape index (κ1) is 15.1. The van der Waals surface area contributed by atoms with Gasteiger partial charge in [0.2, 0.25) is 0 Å². The van der Waals surface area contributed by atoms with E-state index in [9.17, 15) is 0 Å². The summed E-state index contributed by atoms with van der Waals surface area (Å²) in [4.78, 5) is 2.50. The molecule has 1 aromatic carbocycles. The number of nitrogens with one attached hydrogen (secondary N) is 1. The van der Waals surface area contributed by atoms with Gasteiger partial charge in [0.25, 0.3) is 0 Å². The topological polar surface area (TPSA) is 15.3 Å². The van der Waals surface area contributed by atoms with Crippen molar-refractivity contribution in [3.05, 3.63) is 34.9 Å². The number of fused-ring (bicyclic) bond motifs is 1. The van der Waals surface area contributed by atoms with E-state index in [1.807, 2.05) is 0 Å². The Labute approximate surface area is 123 Å². The number of anilines is 1. The van der Waals surface area contributed by atoms with E-state index in [1.165, 1.54) is 28.0 Å². The molecule has 0 aromatic heterocycles. The lowest BCUT2D eigenvalue weighted by Gasteiger charge is -2.43. The maximum atomic E-state index is 3.44. The van der Waals surface area contributed by atoms with Crippen LogP contribution in [0.3, 0.4) is 0 Å². The van der Waals surface area contributed by atoms with Gasteiger partial charge in [-0.25, -0.2) is 0 Å². The van der Waals surface area contributed by atoms with Crippen molar-refractivity contribution < 1.29 is 0 Å². The van der Waals surface area contributed by atoms with Crippen LogP contribution in [0.1, 0.15) is 51.3 Å². The molecule has 1 aromatic rings. The molecule has 1 N–H and O–H groups in total. The molecule has 0 atom stereocenters. The molecule has 2 nitrogen and oxygen atoms in total. The fourth-order valence-corrected chi connectivity index (χ4v) is 3.30. The monoisotopic (exact) mass is 272 g/mol. The highest BCUT2D eigenvalue weighted by Gasteiger charge is 2.30. The quantitative estimate of drug-likeness (QED) is 0.886. The Balaban J connectivity index is 2.51. The first-order valence-electron chi connectivity index (χ1n) is 7.72. The minimum absolute atomic E-state index is 0.0987. The molecule has 1 aliphatic rings. The highest BCUT2D eigenvalue weighted by molar-refractivity contribution is 5.82. The van der Waals surface area contributed by atoms with Crippen LogP contribution in [0.25, 0.3) is 5.57 Å². The Morgan fingerprint density at radius 3 is 2.45 bits per heavy atom. The van der Waals surface area contributed by atoms with Gasteiger partial charge in [0.05, 0.1) is 5.54 Å². The zero-order valence-electron chi connectivity index (χ0n) is 13.8. The van der Waals surface area contributed by atoms with Gasteiger partial charge in [-0.2, -0.15) is 0 Å². The van der Waals surface area contributed by atoms with Crippen LogP contribution in [-0.2, 0) is 6.54 Å². The van der Waals surface area contributed by atoms with Gasteiger partial charge in [-0.15, -0.1) is 0 Å². The maximum absolute atomic E-state index is 3.44. The Morgan fingerprint density at radius 2 is 1.85 bits per heavy atom. The average Bonchev–Trinajstić information content (AvgIpc) is 2.36. The molecule has 2 heteroatoms. The minimum Gasteiger partial charge on any atom is -0.363 e. The Hall–Kier alpha value is -1.28. The molecule has 0 fully saturated rings. The number of rotatable bonds is 4. The van der Waals surface area contributed by atoms with Crippen molar-refractivity contribution in [3.8, 4) is 0 Å². The molecule has 0 amide bonds. The standard InChI is InChI=1S/C18H28N2/c1-7-19-12-15-10-16-14(4)11-18(5,6)20(8-2)17(16)9-13(15)3/h9-11,19H,7-8,12H2,1-6H3. The second-order valence-electron chi connectivity index (χ2n) is 6.30. The zero-order chi connectivity index (χ0) is 14.9. The summed E-state index contributed by atoms with van der Waals surface area (Å²) in [6.07, 6.45) is 2.39. The Bertz CT molecular complexity index is 526. The fraction of sp³-hybridized carbons (Fsp3) is 0.556. The lowest BCUT2D eigenvalue weighted by Crippen LogP contribution is -2.45. The summed E-state index contributed by atoms with van der Waals surface area (Å²) in [5, 5.41) is 3.44. The molecule has 0 unspecified atom stereocenters. The molecule has 0 aliphatic carbocycles. The molecule has 0 radical (unpaired) electrons. The smallest absolute Gasteiger partial charge is 0.0534 e. The van der Waals surface area contributed by atoms with E-state index in [0.717, 1.165) is 19.6 Å². The second kappa shape index (κ2) is 5.61. The summed E-state index contributed by atoms with van der Waals surface area (Å²) in [7, 11) is 0. The number of nitrogens with zero attached hydrogens (tertiary/aromatic N) is 1. The summed E-state index contributed by atoms with van der Waals surface area (Å²) in [6.45, 7) is 16.5. The fourth-order valence-electron chi connectivity index (χ4n) is 3.30. The molecule has 2 rings (SSSR count). The van der Waals surface area contributed by atoms with E-state index in [-0.39, 0.29) is 5.54 Å². The van der Waals surface area contributed by atoms with E-state index in [0.29, 0.717) is 0 Å². The SMILES string of the molecule is CCNCc1cc2c(cc1C)N(CC)C(C)(C)C=C2C. The third kappa shape index (κ3) is 2.62. The number of hydrogen-bond acceptors (Lipinski definition) is 2. The van der Waals surface area contributed by atoms with E-state index in [4.69, 9.17) is 0 Å². The largest absolute Gasteiger partial charge is 0.363 e. The van der Waals surface area contributed by atoms with E-state index >= 15 is 0 Å². The van der Waals surface area contributed by atoms with E-state index < -0.39 is 0 Å². The van der Waals surface area contributed by atoms with Crippen molar-refractivity contribution in [2.45, 2.75) is 53.6 Å². The van der Waals surface area contributed by atoms with Gasteiger partial charge in [-0.05, 0) is 70.0 Å². The van der Waals surface area contributed by atoms with Gasteiger partial charge in [0.15, 0.2) is 0 Å². The number of hydrogen-bond donors (Lipinski definition) is 1. The molecule has 0 spiro atoms. The van der Waals surface area contributed by atoms with Crippen LogP contribution in [0, 0.1) is 6.92 Å². The second-order valence-corrected chi connectivity index (χ2v) is 6.30. The number of aryl methyl sites for hydroxylation is 1. The summed E-state index contributed by atoms with van der Waals surface area (Å²) in [6, 6.07) is 4.74. The van der Waals surface area contributed by atoms with Gasteiger partial charge in [0, 0.05) is 24.3 Å². The zero-order valence-corrected chi connectivity index (χ0v) is 13.8. The summed E-state index contributed by atoms with van der Waals surface area (Å²) in [5.74, 6) is 0. The van der Waals surface area contributed by atoms with Crippen molar-refractivity contribution in [1.29, 1.82) is 0 Å². The van der Waals surface area contributed by atoms with Crippen LogP contribution in [-0.4, -0.2) is 18.6 Å². The van der Waals surface area contributed by atoms with Crippen molar-refractivity contribution in [2.75, 3.05) is 18.0 Å². The summed E-state index contributed by atoms with van der Waals surface area (Å²) >= 11 is 0. The number of allylic oxidation sites excluding steroid dienone is 1. The highest BCUT2D eigenvalue weighted by atomic mass is 15.2. The molecule has 1 heterocycles. The predicted molar refractivity (Wildman–Crippen MR) is 89.3 cm³/mol. The Morgan fingerprint density at radius 1 is 1.15 bits per heavy atom. The molecule has 1 aliphatic heterocycles. The van der Waals surface area contributed by atoms with Gasteiger partial charge < -0.3 is 10.2 Å². The summed E-state index contributed by atoms with van der Waals surface area (Å²) in [5.41, 5.74) is 7.07. The molecule has 0 saturated heterocycles. The van der Waals surface area contributed by atoms with Gasteiger partial charge in [0.1, 0.15) is 0 Å². The summed E-state index contributed by atoms with van der Waals surface area (Å²) < 4.78 is 0. The normalized spacial score (nSPS) is 16.9. The molecule has 0 saturated carbocycles. The van der Waals surface area contributed by atoms with Crippen LogP contribution in [0.2, 0.25) is 0 Å². The molecular formula is C18H28N2. The minimum atomic E-state index is 0.0987. The van der Waals surface area contributed by atoms with Gasteiger partial charge >= 0.3 is 0 Å². The van der Waals surface area contributed by atoms with Gasteiger partial charge in [-0.1, -0.05) is 13.0 Å². The first-order chi connectivity index (χ1) is 9.40. The maximum Gasteiger partial charge on any atom is 0.0534 e. The predicted octanol–water partition coefficient (Wildman–Crippen LogP) is 4.13. The highest BCUT2D eigenvalue weighted by Crippen LogP contribution is 2.40. The molecule has 110 valence electrons. The van der Waals surface area contributed by atoms with Crippen LogP contribution in [0.5, 0.6) is 0 Å². The first-order valence-corrected chi connectivity index (χ1v) is 7.72. The van der Waals surface area contributed by atoms with Crippen molar-refractivity contribution in [1.82, 2.24) is 5.32 Å². The van der Waals surface area contributed by atoms with Crippen molar-refractivity contribution in [3.63, 3.8) is 0 Å². The number of benzene rings is 1. The Kier molecular flexibility index (Phi) is 4.24.